The van der Waals surface area contributed by atoms with E-state index in [-0.39, 0.29) is 12.2 Å². The van der Waals surface area contributed by atoms with Crippen LogP contribution in [0.3, 0.4) is 0 Å². The van der Waals surface area contributed by atoms with Gasteiger partial charge in [0.15, 0.2) is 6.61 Å². The van der Waals surface area contributed by atoms with Gasteiger partial charge in [0.05, 0.1) is 24.1 Å². The third-order valence-corrected chi connectivity index (χ3v) is 4.33. The summed E-state index contributed by atoms with van der Waals surface area (Å²) in [6.07, 6.45) is 0. The zero-order valence-electron chi connectivity index (χ0n) is 14.8. The van der Waals surface area contributed by atoms with Crippen molar-refractivity contribution in [2.45, 2.75) is 5.16 Å². The first-order chi connectivity index (χ1) is 13.7. The lowest BCUT2D eigenvalue weighted by molar-refractivity contribution is 0.0551. The highest BCUT2D eigenvalue weighted by molar-refractivity contribution is 7.99. The summed E-state index contributed by atoms with van der Waals surface area (Å²) in [4.78, 5) is 11.8. The molecule has 0 fully saturated rings. The number of halogens is 1. The molecule has 0 saturated carbocycles. The van der Waals surface area contributed by atoms with Crippen LogP contribution in [0.2, 0.25) is 0 Å². The Balaban J connectivity index is 1.51. The van der Waals surface area contributed by atoms with E-state index in [0.29, 0.717) is 10.9 Å². The van der Waals surface area contributed by atoms with Crippen molar-refractivity contribution in [3.8, 4) is 23.3 Å². The normalized spacial score (nSPS) is 10.1. The Morgan fingerprint density at radius 1 is 1.18 bits per heavy atom. The molecule has 1 aromatic heterocycles. The zero-order chi connectivity index (χ0) is 19.8. The van der Waals surface area contributed by atoms with Gasteiger partial charge in [-0.25, -0.2) is 9.18 Å². The van der Waals surface area contributed by atoms with Gasteiger partial charge in [0.1, 0.15) is 11.6 Å². The predicted octanol–water partition coefficient (Wildman–Crippen LogP) is 2.76. The minimum atomic E-state index is -0.747. The molecule has 0 aliphatic heterocycles. The maximum absolute atomic E-state index is 13.5. The lowest BCUT2D eigenvalue weighted by atomic mass is 10.2. The van der Waals surface area contributed by atoms with Gasteiger partial charge in [-0.1, -0.05) is 35.7 Å². The van der Waals surface area contributed by atoms with E-state index in [1.165, 1.54) is 30.0 Å². The molecule has 0 N–H and O–H groups in total. The van der Waals surface area contributed by atoms with Crippen molar-refractivity contribution in [1.82, 2.24) is 20.2 Å². The van der Waals surface area contributed by atoms with Gasteiger partial charge in [0.2, 0.25) is 5.16 Å². The summed E-state index contributed by atoms with van der Waals surface area (Å²) in [5, 5.41) is 12.2. The molecular weight excluding hydrogens is 383 g/mol. The predicted molar refractivity (Wildman–Crippen MR) is 101 cm³/mol. The van der Waals surface area contributed by atoms with Crippen LogP contribution >= 0.6 is 11.8 Å². The van der Waals surface area contributed by atoms with Gasteiger partial charge in [-0.2, -0.15) is 4.68 Å². The number of thioether (sulfide) groups is 1. The Bertz CT molecular complexity index is 1010. The highest BCUT2D eigenvalue weighted by Gasteiger charge is 2.11. The number of methoxy groups -OCH3 is 1. The molecule has 3 aromatic rings. The first-order valence-corrected chi connectivity index (χ1v) is 9.10. The molecule has 0 unspecified atom stereocenters. The second kappa shape index (κ2) is 9.53. The molecule has 0 aliphatic rings. The molecule has 7 nitrogen and oxygen atoms in total. The molecule has 3 rings (SSSR count). The Hall–Kier alpha value is -3.38. The van der Waals surface area contributed by atoms with Crippen LogP contribution in [0.5, 0.6) is 5.75 Å². The highest BCUT2D eigenvalue weighted by atomic mass is 32.2. The molecule has 0 spiro atoms. The number of rotatable bonds is 6. The number of carbonyl (C=O) groups excluding carboxylic acids is 1. The number of benzene rings is 2. The van der Waals surface area contributed by atoms with Crippen molar-refractivity contribution in [2.75, 3.05) is 19.5 Å². The Morgan fingerprint density at radius 2 is 1.96 bits per heavy atom. The average molecular weight is 398 g/mol. The largest absolute Gasteiger partial charge is 0.497 e. The van der Waals surface area contributed by atoms with E-state index in [9.17, 15) is 9.18 Å². The minimum absolute atomic E-state index is 0.114. The molecule has 142 valence electrons. The van der Waals surface area contributed by atoms with Gasteiger partial charge < -0.3 is 9.47 Å². The van der Waals surface area contributed by atoms with E-state index in [1.54, 1.807) is 17.9 Å². The van der Waals surface area contributed by atoms with Crippen LogP contribution < -0.4 is 4.74 Å². The van der Waals surface area contributed by atoms with E-state index < -0.39 is 11.8 Å². The minimum Gasteiger partial charge on any atom is -0.497 e. The molecule has 2 aromatic carbocycles. The fourth-order valence-electron chi connectivity index (χ4n) is 2.16. The zero-order valence-corrected chi connectivity index (χ0v) is 15.6. The molecule has 0 bridgehead atoms. The molecular formula is C19H15FN4O3S. The summed E-state index contributed by atoms with van der Waals surface area (Å²) in [6.45, 7) is -0.128. The highest BCUT2D eigenvalue weighted by Crippen LogP contribution is 2.19. The summed E-state index contributed by atoms with van der Waals surface area (Å²) in [5.41, 5.74) is 0.678. The summed E-state index contributed by atoms with van der Waals surface area (Å²) in [5.74, 6) is 5.33. The second-order valence-electron chi connectivity index (χ2n) is 5.27. The topological polar surface area (TPSA) is 79.1 Å². The average Bonchev–Trinajstić information content (AvgIpc) is 3.19. The number of esters is 1. The number of hydrogen-bond donors (Lipinski definition) is 0. The number of tetrazole rings is 1. The third kappa shape index (κ3) is 4.86. The van der Waals surface area contributed by atoms with Gasteiger partial charge in [-0.15, -0.1) is 5.10 Å². The maximum Gasteiger partial charge on any atom is 0.342 e. The van der Waals surface area contributed by atoms with Gasteiger partial charge >= 0.3 is 5.97 Å². The monoisotopic (exact) mass is 398 g/mol. The summed E-state index contributed by atoms with van der Waals surface area (Å²) in [7, 11) is 1.60. The van der Waals surface area contributed by atoms with E-state index in [4.69, 9.17) is 9.47 Å². The molecule has 9 heteroatoms. The van der Waals surface area contributed by atoms with Crippen LogP contribution in [0.1, 0.15) is 10.4 Å². The number of carbonyl (C=O) groups is 1. The number of ether oxygens (including phenoxy) is 2. The standard InChI is InChI=1S/C19H15FN4O3S/c1-26-15-10-8-14(9-11-15)24-19(21-22-23-24)28-13-5-4-12-27-18(25)16-6-2-3-7-17(16)20/h2-3,6-11H,12-13H2,1H3. The first kappa shape index (κ1) is 19.4. The first-order valence-electron chi connectivity index (χ1n) is 8.12. The summed E-state index contributed by atoms with van der Waals surface area (Å²) in [6, 6.07) is 12.9. The van der Waals surface area contributed by atoms with E-state index in [2.05, 4.69) is 27.4 Å². The second-order valence-corrected chi connectivity index (χ2v) is 6.21. The van der Waals surface area contributed by atoms with Crippen LogP contribution in [0, 0.1) is 17.7 Å². The van der Waals surface area contributed by atoms with Gasteiger partial charge in [0.25, 0.3) is 0 Å². The fourth-order valence-corrected chi connectivity index (χ4v) is 2.83. The Labute approximate surface area is 164 Å². The van der Waals surface area contributed by atoms with E-state index in [0.717, 1.165) is 11.4 Å². The van der Waals surface area contributed by atoms with Crippen molar-refractivity contribution in [2.24, 2.45) is 0 Å². The number of nitrogens with zero attached hydrogens (tertiary/aromatic N) is 4. The molecule has 28 heavy (non-hydrogen) atoms. The molecule has 0 amide bonds. The molecule has 0 aliphatic carbocycles. The quantitative estimate of drug-likeness (QED) is 0.359. The van der Waals surface area contributed by atoms with Crippen LogP contribution in [0.15, 0.2) is 53.7 Å². The lowest BCUT2D eigenvalue weighted by Crippen LogP contribution is -2.07. The van der Waals surface area contributed by atoms with Crippen LogP contribution in [0.4, 0.5) is 4.39 Å². The van der Waals surface area contributed by atoms with Crippen molar-refractivity contribution in [1.29, 1.82) is 0 Å². The fraction of sp³-hybridized carbons (Fsp3) is 0.158. The van der Waals surface area contributed by atoms with Crippen molar-refractivity contribution < 1.29 is 18.7 Å². The number of hydrogen-bond acceptors (Lipinski definition) is 7. The van der Waals surface area contributed by atoms with Crippen molar-refractivity contribution >= 4 is 17.7 Å². The maximum atomic E-state index is 13.5. The third-order valence-electron chi connectivity index (χ3n) is 3.53. The van der Waals surface area contributed by atoms with Gasteiger partial charge in [-0.3, -0.25) is 0 Å². The summed E-state index contributed by atoms with van der Waals surface area (Å²) < 4.78 is 25.1. The van der Waals surface area contributed by atoms with Crippen molar-refractivity contribution in [3.05, 3.63) is 59.9 Å². The Kier molecular flexibility index (Phi) is 6.59. The lowest BCUT2D eigenvalue weighted by Gasteiger charge is -2.04. The van der Waals surface area contributed by atoms with Crippen LogP contribution in [-0.2, 0) is 4.74 Å². The summed E-state index contributed by atoms with van der Waals surface area (Å²) >= 11 is 1.34. The van der Waals surface area contributed by atoms with Crippen LogP contribution in [0.25, 0.3) is 5.69 Å². The van der Waals surface area contributed by atoms with E-state index in [1.807, 2.05) is 24.3 Å². The van der Waals surface area contributed by atoms with Crippen LogP contribution in [-0.4, -0.2) is 45.6 Å². The molecule has 0 radical (unpaired) electrons. The van der Waals surface area contributed by atoms with Gasteiger partial charge in [-0.05, 0) is 46.8 Å². The Morgan fingerprint density at radius 3 is 2.71 bits per heavy atom. The molecule has 1 heterocycles. The molecule has 0 atom stereocenters. The van der Waals surface area contributed by atoms with Crippen molar-refractivity contribution in [3.63, 3.8) is 0 Å². The van der Waals surface area contributed by atoms with E-state index >= 15 is 0 Å². The molecule has 0 saturated heterocycles. The SMILES string of the molecule is COc1ccc(-n2nnnc2SCC#CCOC(=O)c2ccccc2F)cc1. The van der Waals surface area contributed by atoms with Gasteiger partial charge in [0, 0.05) is 0 Å². The smallest absolute Gasteiger partial charge is 0.342 e. The number of aromatic nitrogens is 4.